The lowest BCUT2D eigenvalue weighted by atomic mass is 10.2. The molecule has 2 fully saturated rings. The summed E-state index contributed by atoms with van der Waals surface area (Å²) in [5.41, 5.74) is 0.832. The van der Waals surface area contributed by atoms with Gasteiger partial charge in [-0.1, -0.05) is 30.0 Å². The first-order valence-electron chi connectivity index (χ1n) is 9.86. The Bertz CT molecular complexity index is 851. The first kappa shape index (κ1) is 22.6. The van der Waals surface area contributed by atoms with Crippen molar-refractivity contribution in [3.05, 3.63) is 28.7 Å². The van der Waals surface area contributed by atoms with E-state index in [0.29, 0.717) is 40.1 Å². The molecule has 30 heavy (non-hydrogen) atoms. The molecule has 0 aliphatic carbocycles. The summed E-state index contributed by atoms with van der Waals surface area (Å²) in [6, 6.07) is 5.48. The van der Waals surface area contributed by atoms with Crippen molar-refractivity contribution in [2.75, 3.05) is 54.0 Å². The van der Waals surface area contributed by atoms with Crippen LogP contribution in [0, 0.1) is 0 Å². The van der Waals surface area contributed by atoms with Crippen molar-refractivity contribution >= 4 is 46.2 Å². The second-order valence-corrected chi connectivity index (χ2v) is 8.91. The molecule has 0 radical (unpaired) electrons. The second-order valence-electron chi connectivity index (χ2n) is 7.24. The highest BCUT2D eigenvalue weighted by Gasteiger charge is 2.32. The van der Waals surface area contributed by atoms with Crippen LogP contribution in [0.15, 0.2) is 23.1 Å². The minimum atomic E-state index is -0.119. The molecule has 0 bridgehead atoms. The highest BCUT2D eigenvalue weighted by atomic mass is 32.2. The molecule has 1 aromatic carbocycles. The van der Waals surface area contributed by atoms with Crippen LogP contribution in [0.3, 0.4) is 0 Å². The molecule has 2 saturated heterocycles. The number of hydrogen-bond acceptors (Lipinski definition) is 7. The van der Waals surface area contributed by atoms with E-state index in [-0.39, 0.29) is 11.8 Å². The fourth-order valence-electron chi connectivity index (χ4n) is 3.39. The van der Waals surface area contributed by atoms with E-state index < -0.39 is 0 Å². The van der Waals surface area contributed by atoms with Crippen LogP contribution in [0.4, 0.5) is 0 Å². The van der Waals surface area contributed by atoms with Gasteiger partial charge >= 0.3 is 0 Å². The van der Waals surface area contributed by atoms with Gasteiger partial charge in [-0.3, -0.25) is 14.5 Å². The molecule has 0 N–H and O–H groups in total. The monoisotopic (exact) mass is 449 g/mol. The summed E-state index contributed by atoms with van der Waals surface area (Å²) in [7, 11) is 5.22. The summed E-state index contributed by atoms with van der Waals surface area (Å²) in [5, 5.41) is 0. The van der Waals surface area contributed by atoms with Crippen LogP contribution >= 0.6 is 24.0 Å². The summed E-state index contributed by atoms with van der Waals surface area (Å²) in [6.45, 7) is 3.80. The SMILES string of the molecule is COc1ccc(/C=C2\SC(=S)N(CCCC(=O)N3CCN(C)CC3)C2=O)cc1OC. The van der Waals surface area contributed by atoms with E-state index in [0.717, 1.165) is 31.7 Å². The van der Waals surface area contributed by atoms with Gasteiger partial charge in [-0.15, -0.1) is 0 Å². The molecule has 162 valence electrons. The third kappa shape index (κ3) is 5.33. The number of benzene rings is 1. The van der Waals surface area contributed by atoms with Crippen molar-refractivity contribution in [1.29, 1.82) is 0 Å². The zero-order valence-electron chi connectivity index (χ0n) is 17.6. The number of ether oxygens (including phenoxy) is 2. The van der Waals surface area contributed by atoms with Gasteiger partial charge in [-0.25, -0.2) is 0 Å². The largest absolute Gasteiger partial charge is 0.493 e. The van der Waals surface area contributed by atoms with Gasteiger partial charge in [0.05, 0.1) is 19.1 Å². The van der Waals surface area contributed by atoms with Gasteiger partial charge in [0.1, 0.15) is 4.32 Å². The van der Waals surface area contributed by atoms with Crippen molar-refractivity contribution in [3.8, 4) is 11.5 Å². The Labute approximate surface area is 187 Å². The van der Waals surface area contributed by atoms with E-state index in [1.807, 2.05) is 17.0 Å². The standard InChI is InChI=1S/C21H27N3O4S2/c1-22-9-11-23(12-10-22)19(25)5-4-8-24-20(26)18(30-21(24)29)14-15-6-7-16(27-2)17(13-15)28-3/h6-7,13-14H,4-5,8-12H2,1-3H3/b18-14-. The van der Waals surface area contributed by atoms with Gasteiger partial charge in [0.2, 0.25) is 5.91 Å². The van der Waals surface area contributed by atoms with Crippen LogP contribution in [0.25, 0.3) is 6.08 Å². The zero-order chi connectivity index (χ0) is 21.7. The van der Waals surface area contributed by atoms with Crippen molar-refractivity contribution in [2.45, 2.75) is 12.8 Å². The Morgan fingerprint density at radius 1 is 1.17 bits per heavy atom. The number of amides is 2. The topological polar surface area (TPSA) is 62.3 Å². The molecule has 1 aromatic rings. The number of likely N-dealkylation sites (N-methyl/N-ethyl adjacent to an activating group) is 1. The third-order valence-corrected chi connectivity index (χ3v) is 6.59. The van der Waals surface area contributed by atoms with Gasteiger partial charge in [-0.2, -0.15) is 0 Å². The molecule has 9 heteroatoms. The molecule has 2 heterocycles. The number of methoxy groups -OCH3 is 2. The van der Waals surface area contributed by atoms with Crippen molar-refractivity contribution < 1.29 is 19.1 Å². The Hall–Kier alpha value is -2.10. The summed E-state index contributed by atoms with van der Waals surface area (Å²) < 4.78 is 11.1. The van der Waals surface area contributed by atoms with Crippen molar-refractivity contribution in [3.63, 3.8) is 0 Å². The quantitative estimate of drug-likeness (QED) is 0.468. The lowest BCUT2D eigenvalue weighted by molar-refractivity contribution is -0.133. The van der Waals surface area contributed by atoms with E-state index in [1.165, 1.54) is 11.8 Å². The predicted octanol–water partition coefficient (Wildman–Crippen LogP) is 2.46. The molecule has 0 saturated carbocycles. The number of thioether (sulfide) groups is 1. The van der Waals surface area contributed by atoms with E-state index >= 15 is 0 Å². The molecule has 2 aliphatic heterocycles. The molecule has 0 spiro atoms. The van der Waals surface area contributed by atoms with Crippen molar-refractivity contribution in [2.24, 2.45) is 0 Å². The summed E-state index contributed by atoms with van der Waals surface area (Å²) in [4.78, 5) is 31.5. The Morgan fingerprint density at radius 2 is 1.87 bits per heavy atom. The lowest BCUT2D eigenvalue weighted by Crippen LogP contribution is -2.47. The van der Waals surface area contributed by atoms with Gasteiger partial charge in [0, 0.05) is 39.1 Å². The van der Waals surface area contributed by atoms with Crippen LogP contribution in [0.5, 0.6) is 11.5 Å². The van der Waals surface area contributed by atoms with E-state index in [4.69, 9.17) is 21.7 Å². The van der Waals surface area contributed by atoms with Crippen LogP contribution in [0.2, 0.25) is 0 Å². The summed E-state index contributed by atoms with van der Waals surface area (Å²) in [6.07, 6.45) is 2.83. The van der Waals surface area contributed by atoms with E-state index in [9.17, 15) is 9.59 Å². The fourth-order valence-corrected chi connectivity index (χ4v) is 4.70. The number of piperazine rings is 1. The maximum absolute atomic E-state index is 12.8. The zero-order valence-corrected chi connectivity index (χ0v) is 19.2. The van der Waals surface area contributed by atoms with E-state index in [1.54, 1.807) is 31.3 Å². The number of carbonyl (C=O) groups excluding carboxylic acids is 2. The predicted molar refractivity (Wildman–Crippen MR) is 123 cm³/mol. The minimum Gasteiger partial charge on any atom is -0.493 e. The van der Waals surface area contributed by atoms with Crippen molar-refractivity contribution in [1.82, 2.24) is 14.7 Å². The van der Waals surface area contributed by atoms with E-state index in [2.05, 4.69) is 11.9 Å². The second kappa shape index (κ2) is 10.3. The maximum Gasteiger partial charge on any atom is 0.266 e. The Kier molecular flexibility index (Phi) is 7.74. The van der Waals surface area contributed by atoms with Crippen LogP contribution < -0.4 is 9.47 Å². The molecule has 0 atom stereocenters. The van der Waals surface area contributed by atoms with Gasteiger partial charge < -0.3 is 19.3 Å². The molecular weight excluding hydrogens is 422 g/mol. The Morgan fingerprint density at radius 3 is 2.53 bits per heavy atom. The molecule has 0 unspecified atom stereocenters. The molecule has 2 aliphatic rings. The molecule has 0 aromatic heterocycles. The van der Waals surface area contributed by atoms with Crippen LogP contribution in [0.1, 0.15) is 18.4 Å². The smallest absolute Gasteiger partial charge is 0.266 e. The average Bonchev–Trinajstić information content (AvgIpc) is 3.01. The number of hydrogen-bond donors (Lipinski definition) is 0. The van der Waals surface area contributed by atoms with Gasteiger partial charge in [0.25, 0.3) is 5.91 Å². The first-order valence-corrected chi connectivity index (χ1v) is 11.1. The number of nitrogens with zero attached hydrogens (tertiary/aromatic N) is 3. The highest BCUT2D eigenvalue weighted by molar-refractivity contribution is 8.26. The summed E-state index contributed by atoms with van der Waals surface area (Å²) >= 11 is 6.68. The number of rotatable bonds is 7. The molecule has 7 nitrogen and oxygen atoms in total. The third-order valence-electron chi connectivity index (χ3n) is 5.21. The lowest BCUT2D eigenvalue weighted by Gasteiger charge is -2.32. The van der Waals surface area contributed by atoms with Gasteiger partial charge in [-0.05, 0) is 37.2 Å². The molecule has 3 rings (SSSR count). The molecule has 2 amide bonds. The molecular formula is C21H27N3O4S2. The normalized spacial score (nSPS) is 19.0. The average molecular weight is 450 g/mol. The Balaban J connectivity index is 1.57. The number of carbonyl (C=O) groups is 2. The minimum absolute atomic E-state index is 0.119. The summed E-state index contributed by atoms with van der Waals surface area (Å²) in [5.74, 6) is 1.26. The van der Waals surface area contributed by atoms with Crippen LogP contribution in [-0.2, 0) is 9.59 Å². The van der Waals surface area contributed by atoms with Gasteiger partial charge in [0.15, 0.2) is 11.5 Å². The fraction of sp³-hybridized carbons (Fsp3) is 0.476. The maximum atomic E-state index is 12.8. The highest BCUT2D eigenvalue weighted by Crippen LogP contribution is 2.34. The van der Waals surface area contributed by atoms with Crippen LogP contribution in [-0.4, -0.2) is 84.8 Å². The first-order chi connectivity index (χ1) is 14.4. The number of thiocarbonyl (C=S) groups is 1.